The fourth-order valence-electron chi connectivity index (χ4n) is 1.80. The summed E-state index contributed by atoms with van der Waals surface area (Å²) in [6.45, 7) is 1.96. The average molecular weight is 192 g/mol. The van der Waals surface area contributed by atoms with Gasteiger partial charge in [-0.25, -0.2) is 9.97 Å². The molecule has 1 atom stereocenters. The van der Waals surface area contributed by atoms with Crippen molar-refractivity contribution in [1.82, 2.24) is 9.97 Å². The molecule has 0 aromatic carbocycles. The number of carboxylic acids is 1. The summed E-state index contributed by atoms with van der Waals surface area (Å²) in [5.74, 6) is -0.459. The van der Waals surface area contributed by atoms with E-state index in [4.69, 9.17) is 5.11 Å². The number of aliphatic carboxylic acids is 1. The lowest BCUT2D eigenvalue weighted by atomic mass is 10.1. The van der Waals surface area contributed by atoms with Crippen molar-refractivity contribution in [1.29, 1.82) is 0 Å². The molecule has 0 fully saturated rings. The Kier molecular flexibility index (Phi) is 2.19. The van der Waals surface area contributed by atoms with Crippen LogP contribution in [0.3, 0.4) is 0 Å². The Morgan fingerprint density at radius 2 is 2.50 bits per heavy atom. The third-order valence-electron chi connectivity index (χ3n) is 2.59. The molecule has 0 bridgehead atoms. The minimum Gasteiger partial charge on any atom is -0.481 e. The number of aryl methyl sites for hydroxylation is 2. The highest BCUT2D eigenvalue weighted by molar-refractivity contribution is 5.76. The SMILES string of the molecule is CCc1ncc2c(n1)C(C(=O)O)CC2. The summed E-state index contributed by atoms with van der Waals surface area (Å²) < 4.78 is 0. The molecule has 4 heteroatoms. The molecule has 1 aliphatic rings. The van der Waals surface area contributed by atoms with Gasteiger partial charge < -0.3 is 5.11 Å². The van der Waals surface area contributed by atoms with E-state index in [9.17, 15) is 4.79 Å². The van der Waals surface area contributed by atoms with Gasteiger partial charge >= 0.3 is 5.97 Å². The van der Waals surface area contributed by atoms with Gasteiger partial charge in [-0.05, 0) is 18.4 Å². The van der Waals surface area contributed by atoms with Crippen molar-refractivity contribution in [3.63, 3.8) is 0 Å². The van der Waals surface area contributed by atoms with E-state index in [0.717, 1.165) is 29.9 Å². The van der Waals surface area contributed by atoms with E-state index in [1.165, 1.54) is 0 Å². The summed E-state index contributed by atoms with van der Waals surface area (Å²) >= 11 is 0. The minimum atomic E-state index is -0.774. The number of rotatable bonds is 2. The lowest BCUT2D eigenvalue weighted by Gasteiger charge is -2.05. The van der Waals surface area contributed by atoms with Gasteiger partial charge in [-0.3, -0.25) is 4.79 Å². The summed E-state index contributed by atoms with van der Waals surface area (Å²) in [6, 6.07) is 0. The highest BCUT2D eigenvalue weighted by Crippen LogP contribution is 2.31. The van der Waals surface area contributed by atoms with Gasteiger partial charge in [0.2, 0.25) is 0 Å². The van der Waals surface area contributed by atoms with Crippen molar-refractivity contribution in [3.05, 3.63) is 23.3 Å². The van der Waals surface area contributed by atoms with Crippen LogP contribution >= 0.6 is 0 Å². The quantitative estimate of drug-likeness (QED) is 0.763. The van der Waals surface area contributed by atoms with E-state index >= 15 is 0 Å². The first-order valence-corrected chi connectivity index (χ1v) is 4.80. The van der Waals surface area contributed by atoms with Gasteiger partial charge in [-0.2, -0.15) is 0 Å². The second kappa shape index (κ2) is 3.36. The second-order valence-corrected chi connectivity index (χ2v) is 3.48. The number of hydrogen-bond acceptors (Lipinski definition) is 3. The van der Waals surface area contributed by atoms with Crippen molar-refractivity contribution in [2.45, 2.75) is 32.1 Å². The lowest BCUT2D eigenvalue weighted by molar-refractivity contribution is -0.138. The lowest BCUT2D eigenvalue weighted by Crippen LogP contribution is -2.10. The molecule has 1 aromatic heterocycles. The van der Waals surface area contributed by atoms with Crippen LogP contribution in [0.25, 0.3) is 0 Å². The molecule has 0 spiro atoms. The molecule has 0 aliphatic heterocycles. The summed E-state index contributed by atoms with van der Waals surface area (Å²) in [4.78, 5) is 19.3. The molecule has 1 heterocycles. The van der Waals surface area contributed by atoms with Gasteiger partial charge in [0.25, 0.3) is 0 Å². The Bertz CT molecular complexity index is 376. The standard InChI is InChI=1S/C10H12N2O2/c1-2-8-11-5-6-3-4-7(10(13)14)9(6)12-8/h5,7H,2-4H2,1H3,(H,13,14). The largest absolute Gasteiger partial charge is 0.481 e. The fraction of sp³-hybridized carbons (Fsp3) is 0.500. The zero-order chi connectivity index (χ0) is 10.1. The third kappa shape index (κ3) is 1.36. The molecule has 1 aliphatic carbocycles. The van der Waals surface area contributed by atoms with Crippen LogP contribution in [-0.2, 0) is 17.6 Å². The van der Waals surface area contributed by atoms with E-state index in [1.54, 1.807) is 6.20 Å². The Hall–Kier alpha value is -1.45. The third-order valence-corrected chi connectivity index (χ3v) is 2.59. The van der Waals surface area contributed by atoms with Gasteiger partial charge in [0, 0.05) is 12.6 Å². The van der Waals surface area contributed by atoms with Crippen molar-refractivity contribution in [3.8, 4) is 0 Å². The number of aromatic nitrogens is 2. The smallest absolute Gasteiger partial charge is 0.312 e. The van der Waals surface area contributed by atoms with Gasteiger partial charge in [0.05, 0.1) is 11.6 Å². The summed E-state index contributed by atoms with van der Waals surface area (Å²) in [6.07, 6.45) is 3.96. The first-order chi connectivity index (χ1) is 6.72. The maximum Gasteiger partial charge on any atom is 0.312 e. The number of carbonyl (C=O) groups is 1. The predicted molar refractivity (Wildman–Crippen MR) is 50.1 cm³/mol. The zero-order valence-electron chi connectivity index (χ0n) is 8.03. The van der Waals surface area contributed by atoms with Crippen LogP contribution in [0.15, 0.2) is 6.20 Å². The molecule has 0 radical (unpaired) electrons. The molecule has 0 saturated carbocycles. The van der Waals surface area contributed by atoms with Crippen molar-refractivity contribution in [2.24, 2.45) is 0 Å². The molecular formula is C10H12N2O2. The molecule has 0 amide bonds. The maximum absolute atomic E-state index is 10.9. The molecule has 1 N–H and O–H groups in total. The van der Waals surface area contributed by atoms with Gasteiger partial charge in [-0.1, -0.05) is 6.92 Å². The molecule has 2 rings (SSSR count). The number of fused-ring (bicyclic) bond motifs is 1. The summed E-state index contributed by atoms with van der Waals surface area (Å²) in [5.41, 5.74) is 1.72. The first kappa shape index (κ1) is 9.12. The Balaban J connectivity index is 2.41. The van der Waals surface area contributed by atoms with Gasteiger partial charge in [0.15, 0.2) is 0 Å². The predicted octanol–water partition coefficient (Wildman–Crippen LogP) is 1.15. The van der Waals surface area contributed by atoms with Crippen LogP contribution < -0.4 is 0 Å². The molecular weight excluding hydrogens is 180 g/mol. The Labute approximate surface area is 82.0 Å². The molecule has 14 heavy (non-hydrogen) atoms. The van der Waals surface area contributed by atoms with Gasteiger partial charge in [-0.15, -0.1) is 0 Å². The number of hydrogen-bond donors (Lipinski definition) is 1. The topological polar surface area (TPSA) is 63.1 Å². The highest BCUT2D eigenvalue weighted by Gasteiger charge is 2.30. The van der Waals surface area contributed by atoms with Crippen LogP contribution in [0, 0.1) is 0 Å². The summed E-state index contributed by atoms with van der Waals surface area (Å²) in [7, 11) is 0. The molecule has 4 nitrogen and oxygen atoms in total. The monoisotopic (exact) mass is 192 g/mol. The number of nitrogens with zero attached hydrogens (tertiary/aromatic N) is 2. The van der Waals surface area contributed by atoms with Crippen molar-refractivity contribution in [2.75, 3.05) is 0 Å². The van der Waals surface area contributed by atoms with Crippen LogP contribution in [0.2, 0.25) is 0 Å². The van der Waals surface area contributed by atoms with Crippen molar-refractivity contribution >= 4 is 5.97 Å². The van der Waals surface area contributed by atoms with E-state index < -0.39 is 11.9 Å². The molecule has 0 saturated heterocycles. The average Bonchev–Trinajstić information content (AvgIpc) is 2.59. The second-order valence-electron chi connectivity index (χ2n) is 3.48. The first-order valence-electron chi connectivity index (χ1n) is 4.80. The molecule has 1 unspecified atom stereocenters. The fourth-order valence-corrected chi connectivity index (χ4v) is 1.80. The van der Waals surface area contributed by atoms with E-state index in [2.05, 4.69) is 9.97 Å². The highest BCUT2D eigenvalue weighted by atomic mass is 16.4. The van der Waals surface area contributed by atoms with E-state index in [1.807, 2.05) is 6.92 Å². The number of carboxylic acid groups (broad SMARTS) is 1. The molecule has 1 aromatic rings. The maximum atomic E-state index is 10.9. The van der Waals surface area contributed by atoms with Gasteiger partial charge in [0.1, 0.15) is 5.82 Å². The zero-order valence-corrected chi connectivity index (χ0v) is 8.03. The minimum absolute atomic E-state index is 0.418. The van der Waals surface area contributed by atoms with Crippen LogP contribution in [0.4, 0.5) is 0 Å². The summed E-state index contributed by atoms with van der Waals surface area (Å²) in [5, 5.41) is 8.96. The van der Waals surface area contributed by atoms with Crippen LogP contribution in [0.5, 0.6) is 0 Å². The van der Waals surface area contributed by atoms with Crippen molar-refractivity contribution < 1.29 is 9.90 Å². The molecule has 74 valence electrons. The Morgan fingerprint density at radius 1 is 1.71 bits per heavy atom. The van der Waals surface area contributed by atoms with E-state index in [-0.39, 0.29) is 0 Å². The van der Waals surface area contributed by atoms with Crippen LogP contribution in [0.1, 0.15) is 36.3 Å². The Morgan fingerprint density at radius 3 is 3.14 bits per heavy atom. The normalized spacial score (nSPS) is 19.4. The van der Waals surface area contributed by atoms with E-state index in [0.29, 0.717) is 6.42 Å². The van der Waals surface area contributed by atoms with Crippen LogP contribution in [-0.4, -0.2) is 21.0 Å².